The number of nitrogens with two attached hydrogens (primary N) is 2. The molecule has 0 aliphatic heterocycles. The van der Waals surface area contributed by atoms with Crippen LogP contribution in [0.5, 0.6) is 0 Å². The summed E-state index contributed by atoms with van der Waals surface area (Å²) in [4.78, 5) is 15.2. The molecule has 0 saturated heterocycles. The number of anilines is 2. The first kappa shape index (κ1) is 27.8. The number of pyridine rings is 2. The second-order valence-corrected chi connectivity index (χ2v) is 9.14. The van der Waals surface area contributed by atoms with Crippen LogP contribution in [0.1, 0.15) is 11.1 Å². The van der Waals surface area contributed by atoms with Gasteiger partial charge in [0.25, 0.3) is 0 Å². The Hall–Kier alpha value is -4.80. The first-order valence-electron chi connectivity index (χ1n) is 11.3. The third-order valence-electron chi connectivity index (χ3n) is 5.62. The average molecular weight is 637 g/mol. The summed E-state index contributed by atoms with van der Waals surface area (Å²) in [6, 6.07) is 8.33. The Morgan fingerprint density at radius 3 is 1.76 bits per heavy atom. The summed E-state index contributed by atoms with van der Waals surface area (Å²) >= 11 is 3.25. The Labute approximate surface area is 233 Å². The lowest BCUT2D eigenvalue weighted by Gasteiger charge is -2.10. The molecule has 0 spiro atoms. The van der Waals surface area contributed by atoms with Gasteiger partial charge in [-0.05, 0) is 52.3 Å². The van der Waals surface area contributed by atoms with Gasteiger partial charge in [0.2, 0.25) is 0 Å². The largest absolute Gasteiger partial charge is 0.419 e. The van der Waals surface area contributed by atoms with Gasteiger partial charge in [-0.3, -0.25) is 0 Å². The van der Waals surface area contributed by atoms with E-state index < -0.39 is 35.1 Å². The van der Waals surface area contributed by atoms with Crippen molar-refractivity contribution in [1.29, 1.82) is 0 Å². The predicted octanol–water partition coefficient (Wildman–Crippen LogP) is 5.55. The van der Waals surface area contributed by atoms with Gasteiger partial charge in [0.1, 0.15) is 16.2 Å². The maximum Gasteiger partial charge on any atom is 0.419 e. The lowest BCUT2D eigenvalue weighted by Crippen LogP contribution is -2.10. The zero-order valence-corrected chi connectivity index (χ0v) is 21.8. The first-order chi connectivity index (χ1) is 19.3. The minimum atomic E-state index is -4.56. The highest BCUT2D eigenvalue weighted by Crippen LogP contribution is 2.36. The minimum absolute atomic E-state index is 0.221. The van der Waals surface area contributed by atoms with Crippen LogP contribution in [0.3, 0.4) is 0 Å². The van der Waals surface area contributed by atoms with Crippen molar-refractivity contribution < 1.29 is 26.3 Å². The lowest BCUT2D eigenvalue weighted by molar-refractivity contribution is -0.137. The van der Waals surface area contributed by atoms with Gasteiger partial charge in [-0.25, -0.2) is 29.0 Å². The molecule has 0 aromatic carbocycles. The van der Waals surface area contributed by atoms with E-state index in [0.29, 0.717) is 27.3 Å². The van der Waals surface area contributed by atoms with E-state index in [-0.39, 0.29) is 11.1 Å². The molecule has 6 aromatic rings. The van der Waals surface area contributed by atoms with Crippen LogP contribution in [0, 0.1) is 0 Å². The van der Waals surface area contributed by atoms with Crippen LogP contribution in [0.25, 0.3) is 33.8 Å². The number of halogens is 7. The van der Waals surface area contributed by atoms with Crippen molar-refractivity contribution in [2.24, 2.45) is 0 Å². The zero-order valence-electron chi connectivity index (χ0n) is 20.2. The summed E-state index contributed by atoms with van der Waals surface area (Å²) in [6.45, 7) is 0. The Bertz CT molecular complexity index is 1880. The Kier molecular flexibility index (Phi) is 6.98. The number of fused-ring (bicyclic) bond motifs is 2. The molecular formula is C24H15BrF6N10. The predicted molar refractivity (Wildman–Crippen MR) is 139 cm³/mol. The fourth-order valence-electron chi connectivity index (χ4n) is 3.65. The van der Waals surface area contributed by atoms with Crippen molar-refractivity contribution in [3.05, 3.63) is 83.1 Å². The van der Waals surface area contributed by atoms with Gasteiger partial charge in [-0.1, -0.05) is 0 Å². The van der Waals surface area contributed by atoms with E-state index in [4.69, 9.17) is 11.5 Å². The van der Waals surface area contributed by atoms with Gasteiger partial charge >= 0.3 is 12.4 Å². The van der Waals surface area contributed by atoms with E-state index >= 15 is 0 Å². The highest BCUT2D eigenvalue weighted by atomic mass is 79.9. The minimum Gasteiger partial charge on any atom is -0.383 e. The summed E-state index contributed by atoms with van der Waals surface area (Å²) in [5, 5.41) is 8.38. The van der Waals surface area contributed by atoms with Crippen molar-refractivity contribution in [1.82, 2.24) is 39.2 Å². The molecule has 0 unspecified atom stereocenters. The normalized spacial score (nSPS) is 12.0. The maximum absolute atomic E-state index is 12.8. The summed E-state index contributed by atoms with van der Waals surface area (Å²) in [5.74, 6) is -1.11. The number of nitrogen functional groups attached to an aromatic ring is 2. The van der Waals surface area contributed by atoms with E-state index in [9.17, 15) is 26.3 Å². The number of nitrogens with zero attached hydrogens (tertiary/aromatic N) is 8. The molecule has 0 aliphatic rings. The molecule has 17 heteroatoms. The molecule has 6 heterocycles. The molecule has 41 heavy (non-hydrogen) atoms. The maximum atomic E-state index is 12.8. The topological polar surface area (TPSA) is 138 Å². The molecule has 4 N–H and O–H groups in total. The molecular weight excluding hydrogens is 622 g/mol. The smallest absolute Gasteiger partial charge is 0.383 e. The van der Waals surface area contributed by atoms with Gasteiger partial charge in [0.05, 0.1) is 28.7 Å². The Balaban J connectivity index is 0.000000165. The summed E-state index contributed by atoms with van der Waals surface area (Å²) < 4.78 is 80.5. The number of hydrogen-bond acceptors (Lipinski definition) is 8. The SMILES string of the molecule is Nc1ncc(-c2ccc3ncc(Br)n3n2)cc1C(F)(F)F.Nc1ncc(-c2ccc3nccn3n2)cc1C(F)(F)F. The van der Waals surface area contributed by atoms with E-state index in [1.165, 1.54) is 21.4 Å². The molecule has 10 nitrogen and oxygen atoms in total. The quantitative estimate of drug-likeness (QED) is 0.236. The fourth-order valence-corrected chi connectivity index (χ4v) is 4.02. The first-order valence-corrected chi connectivity index (χ1v) is 12.1. The highest BCUT2D eigenvalue weighted by Gasteiger charge is 2.35. The molecule has 210 valence electrons. The third-order valence-corrected chi connectivity index (χ3v) is 6.16. The molecule has 0 atom stereocenters. The zero-order chi connectivity index (χ0) is 29.5. The van der Waals surface area contributed by atoms with E-state index in [1.807, 2.05) is 0 Å². The second-order valence-electron chi connectivity index (χ2n) is 8.33. The number of aromatic nitrogens is 8. The Morgan fingerprint density at radius 1 is 0.659 bits per heavy atom. The average Bonchev–Trinajstić information content (AvgIpc) is 3.54. The summed E-state index contributed by atoms with van der Waals surface area (Å²) in [6.07, 6.45) is -1.89. The van der Waals surface area contributed by atoms with Crippen LogP contribution < -0.4 is 11.5 Å². The lowest BCUT2D eigenvalue weighted by atomic mass is 10.1. The van der Waals surface area contributed by atoms with Crippen molar-refractivity contribution in [2.75, 3.05) is 11.5 Å². The number of hydrogen-bond donors (Lipinski definition) is 2. The standard InChI is InChI=1S/C12H7BrF3N5.C12H8F3N5/c13-9-5-18-10-2-1-8(20-21(9)10)6-3-7(12(14,15)16)11(17)19-4-6;13-12(14,15)8-5-7(6-18-11(8)16)9-1-2-10-17-3-4-20(10)19-9/h1-5H,(H2,17,19);1-6H,(H2,16,18). The summed E-state index contributed by atoms with van der Waals surface area (Å²) in [5.41, 5.74) is 10.9. The van der Waals surface area contributed by atoms with E-state index in [2.05, 4.69) is 46.1 Å². The monoisotopic (exact) mass is 636 g/mol. The van der Waals surface area contributed by atoms with Crippen LogP contribution in [0.4, 0.5) is 38.0 Å². The van der Waals surface area contributed by atoms with Gasteiger partial charge in [-0.15, -0.1) is 0 Å². The molecule has 0 aliphatic carbocycles. The Morgan fingerprint density at radius 2 is 1.20 bits per heavy atom. The molecule has 0 radical (unpaired) electrons. The van der Waals surface area contributed by atoms with Crippen molar-refractivity contribution in [2.45, 2.75) is 12.4 Å². The third kappa shape index (κ3) is 5.74. The number of alkyl halides is 6. The molecule has 6 aromatic heterocycles. The van der Waals surface area contributed by atoms with E-state index in [0.717, 1.165) is 12.1 Å². The molecule has 0 bridgehead atoms. The van der Waals surface area contributed by atoms with Crippen LogP contribution in [0.15, 0.2) is 72.0 Å². The van der Waals surface area contributed by atoms with E-state index in [1.54, 1.807) is 42.9 Å². The molecule has 6 rings (SSSR count). The van der Waals surface area contributed by atoms with Crippen LogP contribution in [0.2, 0.25) is 0 Å². The van der Waals surface area contributed by atoms with Crippen LogP contribution in [-0.4, -0.2) is 39.2 Å². The number of rotatable bonds is 2. The van der Waals surface area contributed by atoms with Crippen molar-refractivity contribution in [3.63, 3.8) is 0 Å². The molecule has 0 saturated carbocycles. The molecule has 0 amide bonds. The van der Waals surface area contributed by atoms with Gasteiger partial charge in [0.15, 0.2) is 11.3 Å². The molecule has 0 fully saturated rings. The second kappa shape index (κ2) is 10.3. The van der Waals surface area contributed by atoms with Gasteiger partial charge in [-0.2, -0.15) is 36.5 Å². The fraction of sp³-hybridized carbons (Fsp3) is 0.0833. The van der Waals surface area contributed by atoms with Crippen molar-refractivity contribution in [3.8, 4) is 22.5 Å². The van der Waals surface area contributed by atoms with Crippen LogP contribution >= 0.6 is 15.9 Å². The van der Waals surface area contributed by atoms with Gasteiger partial charge in [0, 0.05) is 35.9 Å². The van der Waals surface area contributed by atoms with Crippen molar-refractivity contribution >= 4 is 38.9 Å². The highest BCUT2D eigenvalue weighted by molar-refractivity contribution is 9.10. The van der Waals surface area contributed by atoms with Crippen LogP contribution in [-0.2, 0) is 12.4 Å². The number of imidazole rings is 2. The summed E-state index contributed by atoms with van der Waals surface area (Å²) in [7, 11) is 0. The van der Waals surface area contributed by atoms with Gasteiger partial charge < -0.3 is 11.5 Å².